The zero-order chi connectivity index (χ0) is 15.4. The number of rotatable bonds is 4. The number of carboxylic acid groups (broad SMARTS) is 1. The van der Waals surface area contributed by atoms with E-state index >= 15 is 0 Å². The summed E-state index contributed by atoms with van der Waals surface area (Å²) in [5.41, 5.74) is 2.14. The average molecular weight is 305 g/mol. The van der Waals surface area contributed by atoms with E-state index in [0.29, 0.717) is 12.2 Å². The molecule has 0 saturated heterocycles. The van der Waals surface area contributed by atoms with Gasteiger partial charge in [-0.25, -0.2) is 9.59 Å². The lowest BCUT2D eigenvalue weighted by atomic mass is 10.0. The highest BCUT2D eigenvalue weighted by atomic mass is 35.5. The third-order valence-corrected chi connectivity index (χ3v) is 3.24. The molecule has 4 nitrogen and oxygen atoms in total. The highest BCUT2D eigenvalue weighted by molar-refractivity contribution is 6.33. The molecule has 0 saturated carbocycles. The number of carboxylic acids is 1. The molecule has 21 heavy (non-hydrogen) atoms. The zero-order valence-corrected chi connectivity index (χ0v) is 12.1. The van der Waals surface area contributed by atoms with Crippen molar-refractivity contribution in [3.05, 3.63) is 58.6 Å². The lowest BCUT2D eigenvalue weighted by molar-refractivity contribution is 0.0526. The van der Waals surface area contributed by atoms with Crippen molar-refractivity contribution < 1.29 is 19.4 Å². The number of esters is 1. The fraction of sp³-hybridized carbons (Fsp3) is 0.125. The first-order chi connectivity index (χ1) is 10.0. The number of carbonyl (C=O) groups excluding carboxylic acids is 1. The van der Waals surface area contributed by atoms with Crippen molar-refractivity contribution in [2.75, 3.05) is 6.61 Å². The predicted molar refractivity (Wildman–Crippen MR) is 79.8 cm³/mol. The summed E-state index contributed by atoms with van der Waals surface area (Å²) >= 11 is 5.94. The Morgan fingerprint density at radius 3 is 2.24 bits per heavy atom. The first-order valence-corrected chi connectivity index (χ1v) is 6.71. The first-order valence-electron chi connectivity index (χ1n) is 6.33. The van der Waals surface area contributed by atoms with E-state index in [1.807, 2.05) is 0 Å². The maximum atomic E-state index is 11.6. The van der Waals surface area contributed by atoms with E-state index in [4.69, 9.17) is 21.4 Å². The van der Waals surface area contributed by atoms with Gasteiger partial charge in [0.15, 0.2) is 0 Å². The van der Waals surface area contributed by atoms with Crippen LogP contribution in [0.4, 0.5) is 0 Å². The Bertz CT molecular complexity index is 677. The summed E-state index contributed by atoms with van der Waals surface area (Å²) in [7, 11) is 0. The number of ether oxygens (including phenoxy) is 1. The molecule has 2 aromatic rings. The normalized spacial score (nSPS) is 10.2. The predicted octanol–water partition coefficient (Wildman–Crippen LogP) is 3.88. The molecule has 0 aliphatic rings. The van der Waals surface area contributed by atoms with Crippen LogP contribution in [0.3, 0.4) is 0 Å². The van der Waals surface area contributed by atoms with Gasteiger partial charge < -0.3 is 9.84 Å². The third-order valence-electron chi connectivity index (χ3n) is 2.93. The number of carbonyl (C=O) groups is 2. The van der Waals surface area contributed by atoms with E-state index in [1.54, 1.807) is 43.3 Å². The molecule has 0 amide bonds. The van der Waals surface area contributed by atoms with Crippen molar-refractivity contribution in [2.45, 2.75) is 6.92 Å². The molecule has 0 heterocycles. The Morgan fingerprint density at radius 2 is 1.71 bits per heavy atom. The Morgan fingerprint density at radius 1 is 1.10 bits per heavy atom. The monoisotopic (exact) mass is 304 g/mol. The van der Waals surface area contributed by atoms with Gasteiger partial charge >= 0.3 is 11.9 Å². The van der Waals surface area contributed by atoms with Gasteiger partial charge in [0, 0.05) is 0 Å². The van der Waals surface area contributed by atoms with Crippen LogP contribution < -0.4 is 0 Å². The van der Waals surface area contributed by atoms with Crippen LogP contribution in [0.15, 0.2) is 42.5 Å². The van der Waals surface area contributed by atoms with E-state index in [2.05, 4.69) is 0 Å². The topological polar surface area (TPSA) is 63.6 Å². The van der Waals surface area contributed by atoms with E-state index < -0.39 is 5.97 Å². The van der Waals surface area contributed by atoms with Gasteiger partial charge in [0.2, 0.25) is 0 Å². The Balaban J connectivity index is 2.29. The first kappa shape index (κ1) is 15.1. The molecule has 0 radical (unpaired) electrons. The minimum Gasteiger partial charge on any atom is -0.478 e. The van der Waals surface area contributed by atoms with Gasteiger partial charge in [0.25, 0.3) is 0 Å². The summed E-state index contributed by atoms with van der Waals surface area (Å²) in [6.07, 6.45) is 0. The van der Waals surface area contributed by atoms with E-state index in [-0.39, 0.29) is 16.6 Å². The van der Waals surface area contributed by atoms with Crippen LogP contribution in [0, 0.1) is 0 Å². The molecule has 0 aromatic heterocycles. The Hall–Kier alpha value is -2.33. The van der Waals surface area contributed by atoms with Crippen LogP contribution in [0.25, 0.3) is 11.1 Å². The molecule has 5 heteroatoms. The number of hydrogen-bond acceptors (Lipinski definition) is 3. The second kappa shape index (κ2) is 6.41. The standard InChI is InChI=1S/C16H13ClO4/c1-2-21-16(20)11-5-3-10(4-6-11)12-7-8-13(15(18)19)14(17)9-12/h3-9H,2H2,1H3,(H,18,19). The van der Waals surface area contributed by atoms with Gasteiger partial charge in [-0.3, -0.25) is 0 Å². The van der Waals surface area contributed by atoms with Crippen LogP contribution >= 0.6 is 11.6 Å². The van der Waals surface area contributed by atoms with Gasteiger partial charge in [-0.05, 0) is 42.3 Å². The van der Waals surface area contributed by atoms with Gasteiger partial charge in [-0.1, -0.05) is 29.8 Å². The minimum absolute atomic E-state index is 0.0589. The van der Waals surface area contributed by atoms with Crippen LogP contribution in [-0.4, -0.2) is 23.7 Å². The average Bonchev–Trinajstić information content (AvgIpc) is 2.47. The molecule has 0 spiro atoms. The summed E-state index contributed by atoms with van der Waals surface area (Å²) in [6.45, 7) is 2.07. The molecule has 0 atom stereocenters. The highest BCUT2D eigenvalue weighted by Crippen LogP contribution is 2.26. The smallest absolute Gasteiger partial charge is 0.338 e. The molecule has 0 fully saturated rings. The second-order valence-electron chi connectivity index (χ2n) is 4.30. The zero-order valence-electron chi connectivity index (χ0n) is 11.3. The van der Waals surface area contributed by atoms with E-state index in [1.165, 1.54) is 6.07 Å². The lowest BCUT2D eigenvalue weighted by Gasteiger charge is -2.06. The van der Waals surface area contributed by atoms with Crippen LogP contribution in [0.1, 0.15) is 27.6 Å². The largest absolute Gasteiger partial charge is 0.478 e. The summed E-state index contributed by atoms with van der Waals surface area (Å²) in [5, 5.41) is 9.11. The molecule has 2 rings (SSSR count). The molecule has 0 aliphatic carbocycles. The van der Waals surface area contributed by atoms with Crippen molar-refractivity contribution in [1.82, 2.24) is 0 Å². The SMILES string of the molecule is CCOC(=O)c1ccc(-c2ccc(C(=O)O)c(Cl)c2)cc1. The summed E-state index contributed by atoms with van der Waals surface area (Å²) < 4.78 is 4.91. The number of benzene rings is 2. The highest BCUT2D eigenvalue weighted by Gasteiger charge is 2.10. The molecular weight excluding hydrogens is 292 g/mol. The summed E-state index contributed by atoms with van der Waals surface area (Å²) in [5.74, 6) is -1.44. The number of aromatic carboxylic acids is 1. The van der Waals surface area contributed by atoms with Crippen molar-refractivity contribution in [3.8, 4) is 11.1 Å². The van der Waals surface area contributed by atoms with Crippen LogP contribution in [-0.2, 0) is 4.74 Å². The van der Waals surface area contributed by atoms with Crippen LogP contribution in [0.2, 0.25) is 5.02 Å². The maximum absolute atomic E-state index is 11.6. The molecule has 0 aliphatic heterocycles. The fourth-order valence-corrected chi connectivity index (χ4v) is 2.14. The van der Waals surface area contributed by atoms with Gasteiger partial charge in [-0.2, -0.15) is 0 Å². The second-order valence-corrected chi connectivity index (χ2v) is 4.70. The van der Waals surface area contributed by atoms with Crippen molar-refractivity contribution in [3.63, 3.8) is 0 Å². The van der Waals surface area contributed by atoms with Crippen molar-refractivity contribution >= 4 is 23.5 Å². The number of hydrogen-bond donors (Lipinski definition) is 1. The summed E-state index contributed by atoms with van der Waals surface area (Å²) in [6, 6.07) is 11.6. The fourth-order valence-electron chi connectivity index (χ4n) is 1.88. The minimum atomic E-state index is -1.07. The third kappa shape index (κ3) is 3.41. The molecule has 0 unspecified atom stereocenters. The summed E-state index contributed by atoms with van der Waals surface area (Å²) in [4.78, 5) is 22.5. The molecule has 0 bridgehead atoms. The Labute approximate surface area is 126 Å². The van der Waals surface area contributed by atoms with Gasteiger partial charge in [-0.15, -0.1) is 0 Å². The molecular formula is C16H13ClO4. The molecule has 2 aromatic carbocycles. The van der Waals surface area contributed by atoms with Gasteiger partial charge in [0.1, 0.15) is 0 Å². The lowest BCUT2D eigenvalue weighted by Crippen LogP contribution is -2.04. The Kier molecular flexibility index (Phi) is 4.60. The quantitative estimate of drug-likeness (QED) is 0.871. The van der Waals surface area contributed by atoms with Crippen molar-refractivity contribution in [1.29, 1.82) is 0 Å². The number of halogens is 1. The van der Waals surface area contributed by atoms with Gasteiger partial charge in [0.05, 0.1) is 22.8 Å². The molecule has 108 valence electrons. The van der Waals surface area contributed by atoms with E-state index in [0.717, 1.165) is 11.1 Å². The molecule has 1 N–H and O–H groups in total. The maximum Gasteiger partial charge on any atom is 0.338 e. The van der Waals surface area contributed by atoms with Crippen molar-refractivity contribution in [2.24, 2.45) is 0 Å². The van der Waals surface area contributed by atoms with Crippen LogP contribution in [0.5, 0.6) is 0 Å². The van der Waals surface area contributed by atoms with E-state index in [9.17, 15) is 9.59 Å².